The Labute approximate surface area is 266 Å². The molecule has 2 N–H and O–H groups in total. The summed E-state index contributed by atoms with van der Waals surface area (Å²) in [5, 5.41) is 6.66. The molecule has 0 aliphatic rings. The first-order valence-corrected chi connectivity index (χ1v) is 19.3. The monoisotopic (exact) mass is 597 g/mol. The van der Waals surface area contributed by atoms with Gasteiger partial charge in [-0.05, 0) is 26.9 Å². The number of unbranched alkanes of at least 4 members (excludes halogenated alkanes) is 26. The summed E-state index contributed by atoms with van der Waals surface area (Å²) in [5.41, 5.74) is 0. The Kier molecular flexibility index (Phi) is 36.9. The molecular weight excluding hydrogens is 516 g/mol. The molecule has 0 aliphatic carbocycles. The molecular formula is C38H80N2O2. The quantitative estimate of drug-likeness (QED) is 0.0700. The molecule has 4 nitrogen and oxygen atoms in total. The first-order valence-electron chi connectivity index (χ1n) is 19.3. The number of nitrogens with one attached hydrogen (secondary N) is 2. The Morgan fingerprint density at radius 2 is 0.548 bits per heavy atom. The van der Waals surface area contributed by atoms with Gasteiger partial charge in [-0.3, -0.25) is 0 Å². The lowest BCUT2D eigenvalue weighted by Crippen LogP contribution is -2.44. The maximum absolute atomic E-state index is 6.35. The average molecular weight is 597 g/mol. The van der Waals surface area contributed by atoms with Crippen molar-refractivity contribution in [2.45, 2.75) is 206 Å². The zero-order valence-electron chi connectivity index (χ0n) is 29.6. The summed E-state index contributed by atoms with van der Waals surface area (Å²) in [5.74, 6) is 0. The fraction of sp³-hybridized carbons (Fsp3) is 1.00. The van der Waals surface area contributed by atoms with Gasteiger partial charge in [-0.15, -0.1) is 0 Å². The van der Waals surface area contributed by atoms with E-state index in [2.05, 4.69) is 24.5 Å². The van der Waals surface area contributed by atoms with Crippen molar-refractivity contribution in [3.63, 3.8) is 0 Å². The van der Waals surface area contributed by atoms with E-state index >= 15 is 0 Å². The lowest BCUT2D eigenvalue weighted by atomic mass is 10.0. The third-order valence-corrected chi connectivity index (χ3v) is 8.88. The summed E-state index contributed by atoms with van der Waals surface area (Å²) in [6.45, 7) is 8.01. The van der Waals surface area contributed by atoms with E-state index < -0.39 is 0 Å². The molecule has 254 valence electrons. The van der Waals surface area contributed by atoms with Crippen molar-refractivity contribution in [1.82, 2.24) is 10.6 Å². The van der Waals surface area contributed by atoms with E-state index in [0.717, 1.165) is 26.3 Å². The van der Waals surface area contributed by atoms with Crippen LogP contribution in [0.2, 0.25) is 0 Å². The lowest BCUT2D eigenvalue weighted by molar-refractivity contribution is -0.0711. The second-order valence-corrected chi connectivity index (χ2v) is 13.1. The minimum absolute atomic E-state index is 0.121. The second-order valence-electron chi connectivity index (χ2n) is 13.1. The van der Waals surface area contributed by atoms with Crippen LogP contribution in [0.3, 0.4) is 0 Å². The van der Waals surface area contributed by atoms with Gasteiger partial charge in [0.15, 0.2) is 0 Å². The van der Waals surface area contributed by atoms with Crippen LogP contribution in [0.4, 0.5) is 0 Å². The standard InChI is InChI=1S/C38H80N2O2/c1-5-7-9-11-13-15-17-19-21-23-25-27-29-31-33-41-37(35-39-3)38(36-40-4)42-34-32-30-28-26-24-22-20-18-16-14-12-10-8-6-2/h37-40H,5-36H2,1-4H3. The van der Waals surface area contributed by atoms with Crippen LogP contribution in [0, 0.1) is 0 Å². The molecule has 0 aromatic rings. The van der Waals surface area contributed by atoms with Crippen molar-refractivity contribution in [2.75, 3.05) is 40.4 Å². The third-order valence-electron chi connectivity index (χ3n) is 8.88. The molecule has 0 heterocycles. The van der Waals surface area contributed by atoms with Crippen molar-refractivity contribution in [1.29, 1.82) is 0 Å². The van der Waals surface area contributed by atoms with Crippen LogP contribution in [0.15, 0.2) is 0 Å². The molecule has 0 aliphatic heterocycles. The van der Waals surface area contributed by atoms with Crippen LogP contribution in [0.1, 0.15) is 194 Å². The number of ether oxygens (including phenoxy) is 2. The Balaban J connectivity index is 3.73. The van der Waals surface area contributed by atoms with Gasteiger partial charge in [0.25, 0.3) is 0 Å². The molecule has 42 heavy (non-hydrogen) atoms. The lowest BCUT2D eigenvalue weighted by Gasteiger charge is -2.27. The Bertz CT molecular complexity index is 434. The molecule has 0 aromatic heterocycles. The molecule has 0 saturated heterocycles. The van der Waals surface area contributed by atoms with E-state index in [-0.39, 0.29) is 12.2 Å². The maximum Gasteiger partial charge on any atom is 0.0972 e. The van der Waals surface area contributed by atoms with Gasteiger partial charge in [-0.1, -0.05) is 181 Å². The van der Waals surface area contributed by atoms with Crippen molar-refractivity contribution < 1.29 is 9.47 Å². The molecule has 0 aromatic carbocycles. The minimum Gasteiger partial charge on any atom is -0.374 e. The number of hydrogen-bond acceptors (Lipinski definition) is 4. The minimum atomic E-state index is 0.121. The molecule has 2 atom stereocenters. The van der Waals surface area contributed by atoms with Crippen molar-refractivity contribution >= 4 is 0 Å². The van der Waals surface area contributed by atoms with E-state index in [0.29, 0.717) is 0 Å². The summed E-state index contributed by atoms with van der Waals surface area (Å²) in [4.78, 5) is 0. The molecule has 0 radical (unpaired) electrons. The van der Waals surface area contributed by atoms with Crippen LogP contribution in [-0.4, -0.2) is 52.6 Å². The highest BCUT2D eigenvalue weighted by Gasteiger charge is 2.21. The fourth-order valence-corrected chi connectivity index (χ4v) is 6.06. The molecule has 0 bridgehead atoms. The zero-order chi connectivity index (χ0) is 30.6. The van der Waals surface area contributed by atoms with Crippen molar-refractivity contribution in [3.8, 4) is 0 Å². The number of hydrogen-bond donors (Lipinski definition) is 2. The molecule has 0 saturated carbocycles. The number of likely N-dealkylation sites (N-methyl/N-ethyl adjacent to an activating group) is 2. The van der Waals surface area contributed by atoms with Crippen LogP contribution in [0.25, 0.3) is 0 Å². The Morgan fingerprint density at radius 3 is 0.762 bits per heavy atom. The molecule has 0 fully saturated rings. The second kappa shape index (κ2) is 37.0. The van der Waals surface area contributed by atoms with Crippen LogP contribution in [-0.2, 0) is 9.47 Å². The maximum atomic E-state index is 6.35. The predicted molar refractivity (Wildman–Crippen MR) is 188 cm³/mol. The highest BCUT2D eigenvalue weighted by molar-refractivity contribution is 4.75. The molecule has 2 unspecified atom stereocenters. The van der Waals surface area contributed by atoms with Gasteiger partial charge >= 0.3 is 0 Å². The summed E-state index contributed by atoms with van der Waals surface area (Å²) in [6, 6.07) is 0. The number of rotatable bonds is 37. The van der Waals surface area contributed by atoms with Gasteiger partial charge in [0.2, 0.25) is 0 Å². The van der Waals surface area contributed by atoms with Crippen molar-refractivity contribution in [3.05, 3.63) is 0 Å². The van der Waals surface area contributed by atoms with Gasteiger partial charge in [-0.2, -0.15) is 0 Å². The van der Waals surface area contributed by atoms with E-state index in [1.165, 1.54) is 180 Å². The summed E-state index contributed by atoms with van der Waals surface area (Å²) in [7, 11) is 4.04. The topological polar surface area (TPSA) is 42.5 Å². The van der Waals surface area contributed by atoms with Crippen molar-refractivity contribution in [2.24, 2.45) is 0 Å². The van der Waals surface area contributed by atoms with E-state index in [4.69, 9.17) is 9.47 Å². The van der Waals surface area contributed by atoms with E-state index in [1.54, 1.807) is 0 Å². The summed E-state index contributed by atoms with van der Waals surface area (Å²) < 4.78 is 12.7. The highest BCUT2D eigenvalue weighted by Crippen LogP contribution is 2.15. The van der Waals surface area contributed by atoms with Gasteiger partial charge in [0.1, 0.15) is 0 Å². The van der Waals surface area contributed by atoms with Gasteiger partial charge < -0.3 is 20.1 Å². The molecule has 0 spiro atoms. The van der Waals surface area contributed by atoms with Gasteiger partial charge in [-0.25, -0.2) is 0 Å². The molecule has 0 amide bonds. The fourth-order valence-electron chi connectivity index (χ4n) is 6.06. The molecule has 4 heteroatoms. The third kappa shape index (κ3) is 31.3. The summed E-state index contributed by atoms with van der Waals surface area (Å²) >= 11 is 0. The van der Waals surface area contributed by atoms with E-state index in [1.807, 2.05) is 14.1 Å². The smallest absolute Gasteiger partial charge is 0.0972 e. The molecule has 0 rings (SSSR count). The highest BCUT2D eigenvalue weighted by atomic mass is 16.5. The van der Waals surface area contributed by atoms with Crippen LogP contribution < -0.4 is 10.6 Å². The van der Waals surface area contributed by atoms with Gasteiger partial charge in [0.05, 0.1) is 12.2 Å². The Morgan fingerprint density at radius 1 is 0.333 bits per heavy atom. The first kappa shape index (κ1) is 41.8. The normalized spacial score (nSPS) is 13.1. The van der Waals surface area contributed by atoms with Crippen LogP contribution >= 0.6 is 0 Å². The average Bonchev–Trinajstić information content (AvgIpc) is 3.00. The van der Waals surface area contributed by atoms with Crippen LogP contribution in [0.5, 0.6) is 0 Å². The van der Waals surface area contributed by atoms with E-state index in [9.17, 15) is 0 Å². The Hall–Kier alpha value is -0.160. The largest absolute Gasteiger partial charge is 0.374 e. The predicted octanol–water partition coefficient (Wildman–Crippen LogP) is 11.2. The summed E-state index contributed by atoms with van der Waals surface area (Å²) in [6.07, 6.45) is 39.3. The van der Waals surface area contributed by atoms with Gasteiger partial charge in [0, 0.05) is 26.3 Å². The zero-order valence-corrected chi connectivity index (χ0v) is 29.6. The first-order chi connectivity index (χ1) is 20.8. The SMILES string of the molecule is CCCCCCCCCCCCCCCCOC(CNC)C(CNC)OCCCCCCCCCCCCCCCC.